The Bertz CT molecular complexity index is 1420. The fraction of sp³-hybridized carbons (Fsp3) is 0.107. The summed E-state index contributed by atoms with van der Waals surface area (Å²) in [5.41, 5.74) is 6.39. The predicted molar refractivity (Wildman–Crippen MR) is 141 cm³/mol. The van der Waals surface area contributed by atoms with Gasteiger partial charge in [-0.25, -0.2) is 4.79 Å². The molecular weight excluding hydrogens is 469 g/mol. The minimum absolute atomic E-state index is 0.593. The molecule has 0 atom stereocenters. The van der Waals surface area contributed by atoms with Crippen LogP contribution in [0.15, 0.2) is 72.8 Å². The van der Waals surface area contributed by atoms with Gasteiger partial charge in [0.15, 0.2) is 0 Å². The molecule has 1 aromatic heterocycles. The van der Waals surface area contributed by atoms with Crippen molar-refractivity contribution in [1.82, 2.24) is 4.98 Å². The Hall–Kier alpha value is -3.47. The second kappa shape index (κ2) is 10.2. The number of aliphatic carboxylic acids is 1. The molecule has 0 unspecified atom stereocenters. The average Bonchev–Trinajstić information content (AvgIpc) is 3.18. The van der Waals surface area contributed by atoms with Crippen molar-refractivity contribution in [3.05, 3.63) is 105 Å². The molecule has 3 aromatic carbocycles. The lowest BCUT2D eigenvalue weighted by atomic mass is 9.90. The van der Waals surface area contributed by atoms with Crippen LogP contribution in [0.25, 0.3) is 28.1 Å². The van der Waals surface area contributed by atoms with E-state index in [2.05, 4.69) is 11.9 Å². The number of fused-ring (bicyclic) bond motifs is 1. The molecular formula is C28H23Cl2NO3. The van der Waals surface area contributed by atoms with Crippen LogP contribution in [0.4, 0.5) is 0 Å². The number of ether oxygens (including phenoxy) is 1. The van der Waals surface area contributed by atoms with Gasteiger partial charge in [0.1, 0.15) is 5.75 Å². The Labute approximate surface area is 208 Å². The summed E-state index contributed by atoms with van der Waals surface area (Å²) < 4.78 is 5.67. The van der Waals surface area contributed by atoms with Crippen molar-refractivity contribution < 1.29 is 14.6 Å². The molecule has 1 heterocycles. The highest BCUT2D eigenvalue weighted by Crippen LogP contribution is 2.42. The van der Waals surface area contributed by atoms with E-state index < -0.39 is 5.97 Å². The maximum absolute atomic E-state index is 10.9. The topological polar surface area (TPSA) is 62.3 Å². The normalized spacial score (nSPS) is 12.2. The number of hydrogen-bond acceptors (Lipinski definition) is 2. The second-order valence-electron chi connectivity index (χ2n) is 7.70. The Morgan fingerprint density at radius 2 is 1.79 bits per heavy atom. The number of halogens is 2. The standard InChI is InChI=1S/C28H23Cl2NO3/c1-3-20(21-14-13-19(29)16-24(21)34-2)26(18-11-8-17(9-12-18)10-15-25(32)33)28-27(30)22-6-4-5-7-23(22)31-28/h4-16,31H,3H2,1-2H3,(H,32,33)/b15-10+,26-20+. The number of nitrogens with one attached hydrogen (secondary N) is 1. The van der Waals surface area contributed by atoms with Gasteiger partial charge in [0.25, 0.3) is 0 Å². The first-order chi connectivity index (χ1) is 16.4. The number of rotatable bonds is 7. The Kier molecular flexibility index (Phi) is 7.11. The number of aromatic nitrogens is 1. The summed E-state index contributed by atoms with van der Waals surface area (Å²) in [4.78, 5) is 14.4. The molecule has 34 heavy (non-hydrogen) atoms. The van der Waals surface area contributed by atoms with Crippen LogP contribution in [0.1, 0.15) is 35.7 Å². The van der Waals surface area contributed by atoms with E-state index in [9.17, 15) is 4.79 Å². The number of hydrogen-bond donors (Lipinski definition) is 2. The van der Waals surface area contributed by atoms with E-state index in [-0.39, 0.29) is 0 Å². The number of methoxy groups -OCH3 is 1. The minimum atomic E-state index is -0.988. The third kappa shape index (κ3) is 4.74. The maximum atomic E-state index is 10.9. The van der Waals surface area contributed by atoms with Gasteiger partial charge >= 0.3 is 5.97 Å². The highest BCUT2D eigenvalue weighted by Gasteiger charge is 2.21. The van der Waals surface area contributed by atoms with Crippen LogP contribution in [-0.2, 0) is 4.79 Å². The molecule has 0 fully saturated rings. The molecule has 0 aliphatic heterocycles. The van der Waals surface area contributed by atoms with Gasteiger partial charge < -0.3 is 14.8 Å². The van der Waals surface area contributed by atoms with Crippen molar-refractivity contribution in [2.24, 2.45) is 0 Å². The third-order valence-corrected chi connectivity index (χ3v) is 6.28. The number of benzene rings is 3. The molecule has 0 bridgehead atoms. The SMILES string of the molecule is CC/C(=C(/c1ccc(/C=C/C(=O)O)cc1)c1[nH]c2ccccc2c1Cl)c1ccc(Cl)cc1OC. The first kappa shape index (κ1) is 23.7. The zero-order valence-corrected chi connectivity index (χ0v) is 20.2. The van der Waals surface area contributed by atoms with Crippen molar-refractivity contribution in [1.29, 1.82) is 0 Å². The Morgan fingerprint density at radius 1 is 1.06 bits per heavy atom. The molecule has 0 aliphatic rings. The zero-order valence-electron chi connectivity index (χ0n) is 18.7. The van der Waals surface area contributed by atoms with E-state index in [1.807, 2.05) is 60.7 Å². The van der Waals surface area contributed by atoms with Crippen LogP contribution >= 0.6 is 23.2 Å². The molecule has 0 spiro atoms. The molecule has 4 aromatic rings. The Morgan fingerprint density at radius 3 is 2.44 bits per heavy atom. The molecule has 0 radical (unpaired) electrons. The summed E-state index contributed by atoms with van der Waals surface area (Å²) in [7, 11) is 1.63. The summed E-state index contributed by atoms with van der Waals surface area (Å²) in [5, 5.41) is 11.1. The maximum Gasteiger partial charge on any atom is 0.328 e. The van der Waals surface area contributed by atoms with Crippen LogP contribution in [0.3, 0.4) is 0 Å². The summed E-state index contributed by atoms with van der Waals surface area (Å²) in [6.07, 6.45) is 3.39. The van der Waals surface area contributed by atoms with Crippen LogP contribution in [0.2, 0.25) is 10.0 Å². The van der Waals surface area contributed by atoms with Gasteiger partial charge in [0.2, 0.25) is 0 Å². The van der Waals surface area contributed by atoms with E-state index in [4.69, 9.17) is 33.0 Å². The van der Waals surface area contributed by atoms with Gasteiger partial charge in [0, 0.05) is 33.1 Å². The number of carboxylic acids is 1. The first-order valence-corrected chi connectivity index (χ1v) is 11.5. The molecule has 2 N–H and O–H groups in total. The van der Waals surface area contributed by atoms with Crippen LogP contribution in [-0.4, -0.2) is 23.2 Å². The van der Waals surface area contributed by atoms with E-state index >= 15 is 0 Å². The first-order valence-electron chi connectivity index (χ1n) is 10.8. The molecule has 172 valence electrons. The van der Waals surface area contributed by atoms with E-state index in [1.165, 1.54) is 0 Å². The number of carbonyl (C=O) groups is 1. The summed E-state index contributed by atoms with van der Waals surface area (Å²) in [6.45, 7) is 2.09. The molecule has 0 aliphatic carbocycles. The molecule has 6 heteroatoms. The van der Waals surface area contributed by atoms with Crippen LogP contribution in [0, 0.1) is 0 Å². The van der Waals surface area contributed by atoms with Gasteiger partial charge in [-0.3, -0.25) is 0 Å². The third-order valence-electron chi connectivity index (χ3n) is 5.65. The smallest absolute Gasteiger partial charge is 0.328 e. The highest BCUT2D eigenvalue weighted by atomic mass is 35.5. The lowest BCUT2D eigenvalue weighted by Gasteiger charge is -2.18. The highest BCUT2D eigenvalue weighted by molar-refractivity contribution is 6.38. The van der Waals surface area contributed by atoms with Gasteiger partial charge in [-0.1, -0.05) is 72.6 Å². The fourth-order valence-electron chi connectivity index (χ4n) is 4.09. The predicted octanol–water partition coefficient (Wildman–Crippen LogP) is 7.95. The van der Waals surface area contributed by atoms with Crippen LogP contribution < -0.4 is 4.74 Å². The van der Waals surface area contributed by atoms with Crippen molar-refractivity contribution in [3.63, 3.8) is 0 Å². The summed E-state index contributed by atoms with van der Waals surface area (Å²) in [5.74, 6) is -0.312. The van der Waals surface area contributed by atoms with E-state index in [1.54, 1.807) is 19.3 Å². The van der Waals surface area contributed by atoms with Crippen molar-refractivity contribution in [2.75, 3.05) is 7.11 Å². The summed E-state index contributed by atoms with van der Waals surface area (Å²) >= 11 is 13.1. The molecule has 0 saturated carbocycles. The largest absolute Gasteiger partial charge is 0.496 e. The lowest BCUT2D eigenvalue weighted by molar-refractivity contribution is -0.131. The van der Waals surface area contributed by atoms with Gasteiger partial charge in [-0.2, -0.15) is 0 Å². The second-order valence-corrected chi connectivity index (χ2v) is 8.52. The van der Waals surface area contributed by atoms with Crippen molar-refractivity contribution >= 4 is 57.3 Å². The molecule has 0 saturated heterocycles. The molecule has 4 nitrogen and oxygen atoms in total. The zero-order chi connectivity index (χ0) is 24.2. The van der Waals surface area contributed by atoms with Crippen molar-refractivity contribution in [3.8, 4) is 5.75 Å². The number of H-pyrrole nitrogens is 1. The van der Waals surface area contributed by atoms with Gasteiger partial charge in [0.05, 0.1) is 17.8 Å². The molecule has 0 amide bonds. The number of para-hydroxylation sites is 1. The van der Waals surface area contributed by atoms with E-state index in [0.29, 0.717) is 22.2 Å². The number of allylic oxidation sites excluding steroid dienone is 1. The van der Waals surface area contributed by atoms with Gasteiger partial charge in [-0.15, -0.1) is 0 Å². The van der Waals surface area contributed by atoms with Gasteiger partial charge in [-0.05, 0) is 53.5 Å². The summed E-state index contributed by atoms with van der Waals surface area (Å²) in [6, 6.07) is 21.2. The monoisotopic (exact) mass is 491 g/mol. The fourth-order valence-corrected chi connectivity index (χ4v) is 4.56. The average molecular weight is 492 g/mol. The Balaban J connectivity index is 2.00. The molecule has 4 rings (SSSR count). The van der Waals surface area contributed by atoms with Crippen LogP contribution in [0.5, 0.6) is 5.75 Å². The van der Waals surface area contributed by atoms with Crippen molar-refractivity contribution in [2.45, 2.75) is 13.3 Å². The van der Waals surface area contributed by atoms with E-state index in [0.717, 1.165) is 50.5 Å². The number of aromatic amines is 1. The number of carboxylic acid groups (broad SMARTS) is 1. The minimum Gasteiger partial charge on any atom is -0.496 e. The lowest BCUT2D eigenvalue weighted by Crippen LogP contribution is -1.98. The quantitative estimate of drug-likeness (QED) is 0.203.